The van der Waals surface area contributed by atoms with E-state index in [2.05, 4.69) is 51.4 Å². The molecular formula is C25H27N7O2. The number of carboxylic acid groups (broad SMARTS) is 1. The van der Waals surface area contributed by atoms with Crippen LogP contribution in [0.25, 0.3) is 16.6 Å². The molecule has 0 spiro atoms. The molecule has 2 aromatic carbocycles. The quantitative estimate of drug-likeness (QED) is 0.471. The van der Waals surface area contributed by atoms with Gasteiger partial charge in [-0.25, -0.2) is 9.78 Å². The molecule has 4 aromatic rings. The number of aryl methyl sites for hydroxylation is 1. The lowest BCUT2D eigenvalue weighted by Crippen LogP contribution is -2.45. The summed E-state index contributed by atoms with van der Waals surface area (Å²) < 4.78 is 2.00. The van der Waals surface area contributed by atoms with Gasteiger partial charge in [0.2, 0.25) is 5.95 Å². The van der Waals surface area contributed by atoms with Crippen LogP contribution in [0, 0.1) is 6.92 Å². The number of anilines is 2. The number of nitrogens with zero attached hydrogens (tertiary/aromatic N) is 6. The van der Waals surface area contributed by atoms with Crippen molar-refractivity contribution in [3.63, 3.8) is 0 Å². The van der Waals surface area contributed by atoms with E-state index in [4.69, 9.17) is 4.98 Å². The summed E-state index contributed by atoms with van der Waals surface area (Å²) in [5.41, 5.74) is 4.58. The molecule has 2 aliphatic rings. The summed E-state index contributed by atoms with van der Waals surface area (Å²) in [5.74, 6) is -0.0830. The van der Waals surface area contributed by atoms with E-state index in [-0.39, 0.29) is 11.6 Å². The highest BCUT2D eigenvalue weighted by molar-refractivity contribution is 5.96. The van der Waals surface area contributed by atoms with Gasteiger partial charge in [0.1, 0.15) is 6.33 Å². The Morgan fingerprint density at radius 1 is 1.21 bits per heavy atom. The number of aromatic nitrogens is 4. The second-order valence-electron chi connectivity index (χ2n) is 9.54. The van der Waals surface area contributed by atoms with Gasteiger partial charge in [0.25, 0.3) is 0 Å². The average molecular weight is 458 g/mol. The van der Waals surface area contributed by atoms with E-state index in [1.807, 2.05) is 17.4 Å². The molecule has 3 atom stereocenters. The van der Waals surface area contributed by atoms with Gasteiger partial charge in [0, 0.05) is 41.8 Å². The van der Waals surface area contributed by atoms with E-state index >= 15 is 0 Å². The fourth-order valence-corrected chi connectivity index (χ4v) is 5.57. The van der Waals surface area contributed by atoms with Crippen molar-refractivity contribution in [2.75, 3.05) is 30.4 Å². The Bertz CT molecular complexity index is 1430. The molecule has 2 bridgehead atoms. The Balaban J connectivity index is 1.48. The van der Waals surface area contributed by atoms with Gasteiger partial charge < -0.3 is 15.3 Å². The van der Waals surface area contributed by atoms with E-state index in [1.54, 1.807) is 24.5 Å². The van der Waals surface area contributed by atoms with E-state index in [1.165, 1.54) is 0 Å². The van der Waals surface area contributed by atoms with Crippen LogP contribution < -0.4 is 10.2 Å². The molecular weight excluding hydrogens is 430 g/mol. The Labute approximate surface area is 197 Å². The molecule has 2 aromatic heterocycles. The summed E-state index contributed by atoms with van der Waals surface area (Å²) in [6, 6.07) is 12.0. The number of carboxylic acids is 1. The number of hydrogen-bond acceptors (Lipinski definition) is 7. The molecule has 0 radical (unpaired) electrons. The standard InChI is InChI=1S/C25H27N7O2/c1-14-8-19(15(2)27-21-7-5-4-6-18(21)24(33)34)22-20(9-14)23-29-26-13-32(23)25(28-22)31-12-16-10-17(31)11-30(16)3/h4-9,13,15-17,27H,10-12H2,1-3H3,(H,33,34)/t15-,16-,17-/m1/s1. The second-order valence-corrected chi connectivity index (χ2v) is 9.54. The molecule has 4 heterocycles. The normalized spacial score (nSPS) is 21.0. The van der Waals surface area contributed by atoms with Crippen LogP contribution in [0.15, 0.2) is 42.7 Å². The Kier molecular flexibility index (Phi) is 4.70. The van der Waals surface area contributed by atoms with Crippen LogP contribution in [-0.2, 0) is 0 Å². The number of hydrogen-bond donors (Lipinski definition) is 2. The summed E-state index contributed by atoms with van der Waals surface area (Å²) in [5, 5.41) is 22.6. The number of aromatic carboxylic acids is 1. The first-order valence-electron chi connectivity index (χ1n) is 11.6. The van der Waals surface area contributed by atoms with Crippen LogP contribution in [0.4, 0.5) is 11.6 Å². The molecule has 9 nitrogen and oxygen atoms in total. The van der Waals surface area contributed by atoms with Crippen molar-refractivity contribution < 1.29 is 9.90 Å². The van der Waals surface area contributed by atoms with Crippen LogP contribution in [0.3, 0.4) is 0 Å². The van der Waals surface area contributed by atoms with E-state index in [9.17, 15) is 9.90 Å². The summed E-state index contributed by atoms with van der Waals surface area (Å²) >= 11 is 0. The minimum atomic E-state index is -0.955. The van der Waals surface area contributed by atoms with Crippen molar-refractivity contribution in [2.24, 2.45) is 0 Å². The summed E-state index contributed by atoms with van der Waals surface area (Å²) in [6.45, 7) is 6.05. The fraction of sp³-hybridized carbons (Fsp3) is 0.360. The molecule has 2 saturated heterocycles. The highest BCUT2D eigenvalue weighted by atomic mass is 16.4. The lowest BCUT2D eigenvalue weighted by molar-refractivity contribution is 0.0698. The van der Waals surface area contributed by atoms with Gasteiger partial charge in [-0.2, -0.15) is 0 Å². The zero-order valence-electron chi connectivity index (χ0n) is 19.4. The van der Waals surface area contributed by atoms with Crippen molar-refractivity contribution in [3.05, 3.63) is 59.4 Å². The van der Waals surface area contributed by atoms with Crippen LogP contribution >= 0.6 is 0 Å². The first kappa shape index (κ1) is 20.9. The number of piperazine rings is 1. The largest absolute Gasteiger partial charge is 0.478 e. The first-order valence-corrected chi connectivity index (χ1v) is 11.6. The Hall–Kier alpha value is -3.72. The van der Waals surface area contributed by atoms with Crippen LogP contribution in [-0.4, -0.2) is 67.8 Å². The zero-order chi connectivity index (χ0) is 23.6. The summed E-state index contributed by atoms with van der Waals surface area (Å²) in [7, 11) is 2.19. The van der Waals surface area contributed by atoms with Gasteiger partial charge >= 0.3 is 5.97 Å². The second kappa shape index (κ2) is 7.66. The maximum atomic E-state index is 11.7. The molecule has 6 rings (SSSR count). The number of benzene rings is 2. The third-order valence-electron chi connectivity index (χ3n) is 7.27. The molecule has 0 saturated carbocycles. The number of likely N-dealkylation sites (N-methyl/N-ethyl adjacent to an activating group) is 1. The van der Waals surface area contributed by atoms with E-state index in [0.717, 1.165) is 53.1 Å². The maximum absolute atomic E-state index is 11.7. The topological polar surface area (TPSA) is 98.9 Å². The lowest BCUT2D eigenvalue weighted by atomic mass is 10.0. The third kappa shape index (κ3) is 3.19. The molecule has 0 amide bonds. The first-order chi connectivity index (χ1) is 16.4. The van der Waals surface area contributed by atoms with Gasteiger partial charge in [0.15, 0.2) is 5.65 Å². The van der Waals surface area contributed by atoms with Crippen molar-refractivity contribution in [1.29, 1.82) is 0 Å². The third-order valence-corrected chi connectivity index (χ3v) is 7.27. The lowest BCUT2D eigenvalue weighted by Gasteiger charge is -2.33. The van der Waals surface area contributed by atoms with Crippen molar-refractivity contribution in [3.8, 4) is 0 Å². The van der Waals surface area contributed by atoms with Gasteiger partial charge in [-0.1, -0.05) is 18.2 Å². The molecule has 2 N–H and O–H groups in total. The number of fused-ring (bicyclic) bond motifs is 5. The number of carbonyl (C=O) groups is 1. The van der Waals surface area contributed by atoms with Crippen LogP contribution in [0.1, 0.15) is 40.9 Å². The summed E-state index contributed by atoms with van der Waals surface area (Å²) in [6.07, 6.45) is 2.89. The highest BCUT2D eigenvalue weighted by Crippen LogP contribution is 2.36. The molecule has 0 aliphatic carbocycles. The minimum absolute atomic E-state index is 0.171. The minimum Gasteiger partial charge on any atom is -0.478 e. The van der Waals surface area contributed by atoms with Gasteiger partial charge in [-0.15, -0.1) is 10.2 Å². The van der Waals surface area contributed by atoms with Crippen LogP contribution in [0.5, 0.6) is 0 Å². The molecule has 174 valence electrons. The van der Waals surface area contributed by atoms with Crippen molar-refractivity contribution in [2.45, 2.75) is 38.4 Å². The zero-order valence-corrected chi connectivity index (χ0v) is 19.4. The summed E-state index contributed by atoms with van der Waals surface area (Å²) in [4.78, 5) is 21.7. The Morgan fingerprint density at radius 2 is 2.03 bits per heavy atom. The van der Waals surface area contributed by atoms with E-state index < -0.39 is 5.97 Å². The number of nitrogens with one attached hydrogen (secondary N) is 1. The number of rotatable bonds is 5. The van der Waals surface area contributed by atoms with Crippen molar-refractivity contribution >= 4 is 34.2 Å². The van der Waals surface area contributed by atoms with Crippen LogP contribution in [0.2, 0.25) is 0 Å². The number of para-hydroxylation sites is 1. The maximum Gasteiger partial charge on any atom is 0.337 e. The fourth-order valence-electron chi connectivity index (χ4n) is 5.57. The molecule has 9 heteroatoms. The SMILES string of the molecule is Cc1cc([C@@H](C)Nc2ccccc2C(=O)O)c2nc(N3C[C@H]4C[C@@H]3CN4C)n3cnnc3c2c1. The van der Waals surface area contributed by atoms with Crippen molar-refractivity contribution in [1.82, 2.24) is 24.5 Å². The smallest absolute Gasteiger partial charge is 0.337 e. The molecule has 34 heavy (non-hydrogen) atoms. The molecule has 2 fully saturated rings. The Morgan fingerprint density at radius 3 is 2.76 bits per heavy atom. The average Bonchev–Trinajstić information content (AvgIpc) is 3.54. The molecule has 0 unspecified atom stereocenters. The predicted octanol–water partition coefficient (Wildman–Crippen LogP) is 3.35. The van der Waals surface area contributed by atoms with E-state index in [0.29, 0.717) is 17.8 Å². The van der Waals surface area contributed by atoms with Gasteiger partial charge in [-0.3, -0.25) is 9.30 Å². The van der Waals surface area contributed by atoms with Gasteiger partial charge in [-0.05, 0) is 51.1 Å². The number of likely N-dealkylation sites (tertiary alicyclic amines) is 1. The highest BCUT2D eigenvalue weighted by Gasteiger charge is 2.43. The predicted molar refractivity (Wildman–Crippen MR) is 131 cm³/mol. The van der Waals surface area contributed by atoms with Gasteiger partial charge in [0.05, 0.1) is 17.1 Å². The molecule has 2 aliphatic heterocycles. The monoisotopic (exact) mass is 457 g/mol.